The quantitative estimate of drug-likeness (QED) is 0.571. The van der Waals surface area contributed by atoms with E-state index in [4.69, 9.17) is 4.42 Å². The van der Waals surface area contributed by atoms with Crippen molar-refractivity contribution in [3.05, 3.63) is 53.4 Å². The molecule has 0 aliphatic rings. The Morgan fingerprint density at radius 2 is 1.92 bits per heavy atom. The number of amides is 1. The largest absolute Gasteiger partial charge is 0.410 e. The van der Waals surface area contributed by atoms with E-state index >= 15 is 0 Å². The molecule has 130 valence electrons. The van der Waals surface area contributed by atoms with Crippen molar-refractivity contribution in [3.63, 3.8) is 0 Å². The number of hydrogen-bond acceptors (Lipinski definition) is 6. The molecule has 0 aliphatic carbocycles. The van der Waals surface area contributed by atoms with Crippen LogP contribution in [0.3, 0.4) is 0 Å². The Balaban J connectivity index is 1.86. The van der Waals surface area contributed by atoms with Crippen molar-refractivity contribution in [2.45, 2.75) is 24.3 Å². The highest BCUT2D eigenvalue weighted by Gasteiger charge is 2.28. The van der Waals surface area contributed by atoms with Crippen LogP contribution in [-0.4, -0.2) is 34.1 Å². The number of likely N-dealkylation sites (N-methyl/N-ethyl adjacent to an activating group) is 1. The van der Waals surface area contributed by atoms with Gasteiger partial charge in [0.25, 0.3) is 11.1 Å². The zero-order chi connectivity index (χ0) is 17.6. The van der Waals surface area contributed by atoms with Gasteiger partial charge < -0.3 is 9.32 Å². The SMILES string of the molecule is CCN(CC)C(=O)C(Sc1nnc(-c2cccs2)o1)c1ccccc1. The summed E-state index contributed by atoms with van der Waals surface area (Å²) in [7, 11) is 0. The molecule has 0 radical (unpaired) electrons. The smallest absolute Gasteiger partial charge is 0.278 e. The van der Waals surface area contributed by atoms with Crippen molar-refractivity contribution >= 4 is 29.0 Å². The van der Waals surface area contributed by atoms with Crippen molar-refractivity contribution in [3.8, 4) is 10.8 Å². The first-order valence-corrected chi connectivity index (χ1v) is 9.86. The van der Waals surface area contributed by atoms with Crippen LogP contribution in [0.2, 0.25) is 0 Å². The number of nitrogens with zero attached hydrogens (tertiary/aromatic N) is 3. The molecule has 1 amide bonds. The Morgan fingerprint density at radius 1 is 1.16 bits per heavy atom. The minimum absolute atomic E-state index is 0.0528. The molecule has 0 N–H and O–H groups in total. The van der Waals surface area contributed by atoms with Gasteiger partial charge in [0, 0.05) is 13.1 Å². The van der Waals surface area contributed by atoms with Crippen LogP contribution in [0.15, 0.2) is 57.5 Å². The van der Waals surface area contributed by atoms with E-state index in [-0.39, 0.29) is 5.91 Å². The summed E-state index contributed by atoms with van der Waals surface area (Å²) in [6.45, 7) is 5.30. The number of benzene rings is 1. The fourth-order valence-electron chi connectivity index (χ4n) is 2.45. The molecule has 0 bridgehead atoms. The molecule has 2 aromatic heterocycles. The third kappa shape index (κ3) is 4.11. The van der Waals surface area contributed by atoms with Crippen LogP contribution in [0.25, 0.3) is 10.8 Å². The molecule has 1 aromatic carbocycles. The van der Waals surface area contributed by atoms with Crippen LogP contribution in [0.1, 0.15) is 24.7 Å². The highest BCUT2D eigenvalue weighted by molar-refractivity contribution is 8.00. The van der Waals surface area contributed by atoms with Gasteiger partial charge in [0.05, 0.1) is 4.88 Å². The van der Waals surface area contributed by atoms with Gasteiger partial charge in [-0.1, -0.05) is 36.4 Å². The Hall–Kier alpha value is -2.12. The van der Waals surface area contributed by atoms with Crippen molar-refractivity contribution < 1.29 is 9.21 Å². The fraction of sp³-hybridized carbons (Fsp3) is 0.278. The normalized spacial score (nSPS) is 12.1. The first kappa shape index (κ1) is 17.7. The summed E-state index contributed by atoms with van der Waals surface area (Å²) in [6, 6.07) is 13.6. The third-order valence-corrected chi connectivity index (χ3v) is 5.69. The third-order valence-electron chi connectivity index (χ3n) is 3.76. The monoisotopic (exact) mass is 373 g/mol. The van der Waals surface area contributed by atoms with Crippen molar-refractivity contribution in [2.24, 2.45) is 0 Å². The predicted octanol–water partition coefficient (Wildman–Crippen LogP) is 4.50. The lowest BCUT2D eigenvalue weighted by Crippen LogP contribution is -2.33. The first-order chi connectivity index (χ1) is 12.2. The number of hydrogen-bond donors (Lipinski definition) is 0. The topological polar surface area (TPSA) is 59.2 Å². The summed E-state index contributed by atoms with van der Waals surface area (Å²) in [5.74, 6) is 0.539. The molecule has 1 unspecified atom stereocenters. The van der Waals surface area contributed by atoms with Crippen molar-refractivity contribution in [1.29, 1.82) is 0 Å². The van der Waals surface area contributed by atoms with E-state index < -0.39 is 5.25 Å². The lowest BCUT2D eigenvalue weighted by molar-refractivity contribution is -0.130. The molecule has 0 saturated carbocycles. The number of carbonyl (C=O) groups is 1. The van der Waals surface area contributed by atoms with Crippen LogP contribution >= 0.6 is 23.1 Å². The second-order valence-corrected chi connectivity index (χ2v) is 7.27. The second-order valence-electron chi connectivity index (χ2n) is 5.27. The minimum atomic E-state index is -0.405. The van der Waals surface area contributed by atoms with Crippen LogP contribution in [0.4, 0.5) is 0 Å². The molecule has 5 nitrogen and oxygen atoms in total. The molecule has 3 aromatic rings. The van der Waals surface area contributed by atoms with Gasteiger partial charge in [0.15, 0.2) is 0 Å². The van der Waals surface area contributed by atoms with E-state index in [0.29, 0.717) is 24.2 Å². The predicted molar refractivity (Wildman–Crippen MR) is 101 cm³/mol. The summed E-state index contributed by atoms with van der Waals surface area (Å²) in [5, 5.41) is 10.2. The maximum atomic E-state index is 13.0. The Labute approximate surface area is 155 Å². The molecule has 0 aliphatic heterocycles. The van der Waals surface area contributed by atoms with Gasteiger partial charge in [-0.05, 0) is 42.6 Å². The van der Waals surface area contributed by atoms with Crippen molar-refractivity contribution in [2.75, 3.05) is 13.1 Å². The number of thiophene rings is 1. The van der Waals surface area contributed by atoms with E-state index in [0.717, 1.165) is 10.4 Å². The molecular weight excluding hydrogens is 354 g/mol. The molecular formula is C18H19N3O2S2. The maximum Gasteiger partial charge on any atom is 0.278 e. The van der Waals surface area contributed by atoms with Gasteiger partial charge in [-0.3, -0.25) is 4.79 Å². The maximum absolute atomic E-state index is 13.0. The van der Waals surface area contributed by atoms with E-state index in [1.54, 1.807) is 11.3 Å². The Bertz CT molecular complexity index is 799. The lowest BCUT2D eigenvalue weighted by Gasteiger charge is -2.24. The highest BCUT2D eigenvalue weighted by atomic mass is 32.2. The van der Waals surface area contributed by atoms with Gasteiger partial charge >= 0.3 is 0 Å². The molecule has 0 fully saturated rings. The van der Waals surface area contributed by atoms with Crippen LogP contribution in [-0.2, 0) is 4.79 Å². The molecule has 2 heterocycles. The van der Waals surface area contributed by atoms with Crippen molar-refractivity contribution in [1.82, 2.24) is 15.1 Å². The number of aromatic nitrogens is 2. The van der Waals surface area contributed by atoms with E-state index in [1.807, 2.05) is 66.6 Å². The van der Waals surface area contributed by atoms with Gasteiger partial charge in [0.2, 0.25) is 5.91 Å². The summed E-state index contributed by atoms with van der Waals surface area (Å²) in [6.07, 6.45) is 0. The summed E-state index contributed by atoms with van der Waals surface area (Å²) in [5.41, 5.74) is 0.931. The average molecular weight is 374 g/mol. The Kier molecular flexibility index (Phi) is 5.88. The summed E-state index contributed by atoms with van der Waals surface area (Å²) >= 11 is 2.84. The van der Waals surface area contributed by atoms with Crippen LogP contribution in [0.5, 0.6) is 0 Å². The number of carbonyl (C=O) groups excluding carboxylic acids is 1. The van der Waals surface area contributed by atoms with E-state index in [9.17, 15) is 4.79 Å². The first-order valence-electron chi connectivity index (χ1n) is 8.10. The molecule has 3 rings (SSSR count). The highest BCUT2D eigenvalue weighted by Crippen LogP contribution is 2.37. The van der Waals surface area contributed by atoms with Crippen LogP contribution in [0, 0.1) is 0 Å². The standard InChI is InChI=1S/C18H19N3O2S2/c1-3-21(4-2)17(22)15(13-9-6-5-7-10-13)25-18-20-19-16(23-18)14-11-8-12-24-14/h5-12,15H,3-4H2,1-2H3. The Morgan fingerprint density at radius 3 is 2.56 bits per heavy atom. The average Bonchev–Trinajstić information content (AvgIpc) is 3.33. The number of rotatable bonds is 7. The molecule has 0 spiro atoms. The zero-order valence-electron chi connectivity index (χ0n) is 14.1. The molecule has 25 heavy (non-hydrogen) atoms. The van der Waals surface area contributed by atoms with Gasteiger partial charge in [-0.25, -0.2) is 0 Å². The summed E-state index contributed by atoms with van der Waals surface area (Å²) < 4.78 is 5.76. The van der Waals surface area contributed by atoms with Gasteiger partial charge in [-0.2, -0.15) is 0 Å². The number of thioether (sulfide) groups is 1. The second kappa shape index (κ2) is 8.31. The molecule has 1 atom stereocenters. The fourth-order valence-corrected chi connectivity index (χ4v) is 4.05. The van der Waals surface area contributed by atoms with Gasteiger partial charge in [-0.15, -0.1) is 21.5 Å². The van der Waals surface area contributed by atoms with E-state index in [1.165, 1.54) is 11.8 Å². The minimum Gasteiger partial charge on any atom is -0.410 e. The van der Waals surface area contributed by atoms with Gasteiger partial charge in [0.1, 0.15) is 5.25 Å². The molecule has 0 saturated heterocycles. The molecule has 7 heteroatoms. The lowest BCUT2D eigenvalue weighted by atomic mass is 10.1. The summed E-state index contributed by atoms with van der Waals surface area (Å²) in [4.78, 5) is 15.7. The van der Waals surface area contributed by atoms with E-state index in [2.05, 4.69) is 10.2 Å². The zero-order valence-corrected chi connectivity index (χ0v) is 15.7. The van der Waals surface area contributed by atoms with Crippen LogP contribution < -0.4 is 0 Å².